The van der Waals surface area contributed by atoms with Gasteiger partial charge in [-0.3, -0.25) is 4.79 Å². The molecule has 0 radical (unpaired) electrons. The van der Waals surface area contributed by atoms with E-state index in [-0.39, 0.29) is 40.8 Å². The Morgan fingerprint density at radius 3 is 2.74 bits per heavy atom. The predicted molar refractivity (Wildman–Crippen MR) is 131 cm³/mol. The first-order valence-electron chi connectivity index (χ1n) is 12.3. The van der Waals surface area contributed by atoms with E-state index in [1.165, 1.54) is 17.0 Å². The molecule has 2 heterocycles. The summed E-state index contributed by atoms with van der Waals surface area (Å²) in [5.41, 5.74) is 1.83. The number of morpholine rings is 1. The van der Waals surface area contributed by atoms with Crippen LogP contribution in [0, 0.1) is 29.0 Å². The lowest BCUT2D eigenvalue weighted by molar-refractivity contribution is -0.148. The number of rotatable bonds is 4. The van der Waals surface area contributed by atoms with Crippen molar-refractivity contribution in [2.45, 2.75) is 52.1 Å². The molecule has 0 unspecified atom stereocenters. The SMILES string of the molecule is C[C@H](C(=O)N1CCOCC1)[C@@H]1CC[C@]2(C)Cc3sc(Nc4ccc(F)cc4)nc3[C@H](C)[C@@H]2[C@H]1O. The molecule has 1 amide bonds. The summed E-state index contributed by atoms with van der Waals surface area (Å²) in [6, 6.07) is 6.29. The van der Waals surface area contributed by atoms with Gasteiger partial charge in [-0.2, -0.15) is 0 Å². The van der Waals surface area contributed by atoms with Crippen molar-refractivity contribution < 1.29 is 19.0 Å². The predicted octanol–water partition coefficient (Wildman–Crippen LogP) is 4.57. The maximum atomic E-state index is 13.3. The lowest BCUT2D eigenvalue weighted by atomic mass is 9.53. The van der Waals surface area contributed by atoms with Gasteiger partial charge in [0.25, 0.3) is 0 Å². The first-order valence-corrected chi connectivity index (χ1v) is 13.2. The summed E-state index contributed by atoms with van der Waals surface area (Å²) in [5, 5.41) is 15.7. The highest BCUT2D eigenvalue weighted by Gasteiger charge is 2.54. The van der Waals surface area contributed by atoms with Crippen LogP contribution in [0.25, 0.3) is 0 Å². The number of aliphatic hydroxyl groups excluding tert-OH is 1. The molecular formula is C26H34FN3O3S. The Hall–Kier alpha value is -2.03. The summed E-state index contributed by atoms with van der Waals surface area (Å²) in [6.45, 7) is 8.89. The van der Waals surface area contributed by atoms with E-state index in [2.05, 4.69) is 19.2 Å². The Kier molecular flexibility index (Phi) is 6.42. The molecule has 5 rings (SSSR count). The Bertz CT molecular complexity index is 1040. The third-order valence-electron chi connectivity index (χ3n) is 8.37. The van der Waals surface area contributed by atoms with Crippen molar-refractivity contribution in [1.82, 2.24) is 9.88 Å². The van der Waals surface area contributed by atoms with Crippen molar-refractivity contribution >= 4 is 28.1 Å². The summed E-state index contributed by atoms with van der Waals surface area (Å²) in [5.74, 6) is -0.235. The third-order valence-corrected chi connectivity index (χ3v) is 9.36. The number of halogens is 1. The normalized spacial score (nSPS) is 32.0. The molecule has 8 heteroatoms. The number of carbonyl (C=O) groups excluding carboxylic acids is 1. The molecule has 1 saturated carbocycles. The zero-order valence-electron chi connectivity index (χ0n) is 20.1. The monoisotopic (exact) mass is 487 g/mol. The first kappa shape index (κ1) is 23.7. The number of thiazole rings is 1. The number of benzene rings is 1. The minimum Gasteiger partial charge on any atom is -0.392 e. The van der Waals surface area contributed by atoms with E-state index >= 15 is 0 Å². The highest BCUT2D eigenvalue weighted by molar-refractivity contribution is 7.15. The van der Waals surface area contributed by atoms with Gasteiger partial charge in [-0.05, 0) is 60.8 Å². The molecule has 184 valence electrons. The van der Waals surface area contributed by atoms with Gasteiger partial charge in [0.2, 0.25) is 5.91 Å². The molecule has 34 heavy (non-hydrogen) atoms. The number of aromatic nitrogens is 1. The fraction of sp³-hybridized carbons (Fsp3) is 0.615. The van der Waals surface area contributed by atoms with E-state index in [0.29, 0.717) is 26.3 Å². The average Bonchev–Trinajstić information content (AvgIpc) is 3.22. The van der Waals surface area contributed by atoms with Crippen molar-refractivity contribution in [3.8, 4) is 0 Å². The van der Waals surface area contributed by atoms with Crippen LogP contribution in [-0.4, -0.2) is 53.3 Å². The highest BCUT2D eigenvalue weighted by Crippen LogP contribution is 2.57. The number of nitrogens with one attached hydrogen (secondary N) is 1. The second-order valence-electron chi connectivity index (χ2n) is 10.5. The smallest absolute Gasteiger partial charge is 0.225 e. The summed E-state index contributed by atoms with van der Waals surface area (Å²) >= 11 is 1.65. The van der Waals surface area contributed by atoms with Gasteiger partial charge in [0.1, 0.15) is 5.82 Å². The Labute approximate surface area is 204 Å². The fourth-order valence-corrected chi connectivity index (χ4v) is 7.80. The van der Waals surface area contributed by atoms with Crippen LogP contribution >= 0.6 is 11.3 Å². The summed E-state index contributed by atoms with van der Waals surface area (Å²) in [6.07, 6.45) is 2.18. The fourth-order valence-electron chi connectivity index (χ4n) is 6.51. The standard InChI is InChI=1S/C26H34FN3O3S/c1-15(24(32)30-10-12-33-13-11-30)19-8-9-26(3)14-20-22(16(2)21(26)23(19)31)29-25(34-20)28-18-6-4-17(27)5-7-18/h4-7,15-16,19,21,23,31H,8-14H2,1-3H3,(H,28,29)/t15-,16+,19-,21+,23-,26+/m0/s1. The second-order valence-corrected chi connectivity index (χ2v) is 11.6. The van der Waals surface area contributed by atoms with Crippen molar-refractivity contribution in [3.63, 3.8) is 0 Å². The number of carbonyl (C=O) groups is 1. The molecule has 6 atom stereocenters. The maximum Gasteiger partial charge on any atom is 0.225 e. The number of ether oxygens (including phenoxy) is 1. The van der Waals surface area contributed by atoms with Crippen molar-refractivity contribution in [1.29, 1.82) is 0 Å². The van der Waals surface area contributed by atoms with E-state index < -0.39 is 6.10 Å². The Morgan fingerprint density at radius 2 is 2.03 bits per heavy atom. The van der Waals surface area contributed by atoms with Crippen LogP contribution in [0.1, 0.15) is 50.1 Å². The molecule has 1 aromatic carbocycles. The molecule has 1 saturated heterocycles. The number of anilines is 2. The number of amides is 1. The van der Waals surface area contributed by atoms with Gasteiger partial charge in [0.05, 0.1) is 25.0 Å². The molecule has 2 fully saturated rings. The molecule has 0 spiro atoms. The number of nitrogens with zero attached hydrogens (tertiary/aromatic N) is 2. The minimum absolute atomic E-state index is 0.0241. The summed E-state index contributed by atoms with van der Waals surface area (Å²) < 4.78 is 18.7. The van der Waals surface area contributed by atoms with Crippen LogP contribution in [0.5, 0.6) is 0 Å². The van der Waals surface area contributed by atoms with E-state index in [4.69, 9.17) is 9.72 Å². The van der Waals surface area contributed by atoms with E-state index in [0.717, 1.165) is 35.8 Å². The third kappa shape index (κ3) is 4.25. The van der Waals surface area contributed by atoms with Gasteiger partial charge in [-0.1, -0.05) is 20.8 Å². The lowest BCUT2D eigenvalue weighted by Crippen LogP contribution is -2.54. The van der Waals surface area contributed by atoms with E-state index in [1.807, 2.05) is 11.8 Å². The summed E-state index contributed by atoms with van der Waals surface area (Å²) in [4.78, 5) is 21.2. The van der Waals surface area contributed by atoms with Gasteiger partial charge in [0.15, 0.2) is 5.13 Å². The first-order chi connectivity index (χ1) is 16.3. The topological polar surface area (TPSA) is 74.7 Å². The second kappa shape index (κ2) is 9.21. The zero-order chi connectivity index (χ0) is 24.0. The van der Waals surface area contributed by atoms with Gasteiger partial charge in [-0.25, -0.2) is 9.37 Å². The van der Waals surface area contributed by atoms with Crippen molar-refractivity contribution in [3.05, 3.63) is 40.7 Å². The van der Waals surface area contributed by atoms with Gasteiger partial charge in [-0.15, -0.1) is 11.3 Å². The van der Waals surface area contributed by atoms with Crippen molar-refractivity contribution in [2.75, 3.05) is 31.6 Å². The molecule has 2 aromatic rings. The Morgan fingerprint density at radius 1 is 1.32 bits per heavy atom. The number of hydrogen-bond acceptors (Lipinski definition) is 6. The average molecular weight is 488 g/mol. The lowest BCUT2D eigenvalue weighted by Gasteiger charge is -2.53. The minimum atomic E-state index is -0.544. The quantitative estimate of drug-likeness (QED) is 0.661. The largest absolute Gasteiger partial charge is 0.392 e. The van der Waals surface area contributed by atoms with Crippen LogP contribution in [0.4, 0.5) is 15.2 Å². The molecule has 2 N–H and O–H groups in total. The molecule has 1 aliphatic heterocycles. The van der Waals surface area contributed by atoms with Gasteiger partial charge in [0, 0.05) is 35.5 Å². The zero-order valence-corrected chi connectivity index (χ0v) is 20.9. The molecule has 2 aliphatic carbocycles. The van der Waals surface area contributed by atoms with Crippen LogP contribution in [0.3, 0.4) is 0 Å². The van der Waals surface area contributed by atoms with Crippen LogP contribution < -0.4 is 5.32 Å². The number of fused-ring (bicyclic) bond motifs is 2. The van der Waals surface area contributed by atoms with E-state index in [1.54, 1.807) is 23.5 Å². The molecular weight excluding hydrogens is 453 g/mol. The Balaban J connectivity index is 1.35. The van der Waals surface area contributed by atoms with Crippen molar-refractivity contribution in [2.24, 2.45) is 23.2 Å². The van der Waals surface area contributed by atoms with Gasteiger partial charge < -0.3 is 20.1 Å². The maximum absolute atomic E-state index is 13.3. The number of hydrogen-bond donors (Lipinski definition) is 2. The highest BCUT2D eigenvalue weighted by atomic mass is 32.1. The van der Waals surface area contributed by atoms with E-state index in [9.17, 15) is 14.3 Å². The molecule has 6 nitrogen and oxygen atoms in total. The van der Waals surface area contributed by atoms with Gasteiger partial charge >= 0.3 is 0 Å². The van der Waals surface area contributed by atoms with Crippen LogP contribution in [-0.2, 0) is 16.0 Å². The van der Waals surface area contributed by atoms with Crippen LogP contribution in [0.15, 0.2) is 24.3 Å². The molecule has 1 aromatic heterocycles. The number of aliphatic hydroxyl groups is 1. The molecule has 0 bridgehead atoms. The molecule has 3 aliphatic rings. The van der Waals surface area contributed by atoms with Crippen LogP contribution in [0.2, 0.25) is 0 Å². The summed E-state index contributed by atoms with van der Waals surface area (Å²) in [7, 11) is 0.